The van der Waals surface area contributed by atoms with Gasteiger partial charge in [-0.25, -0.2) is 0 Å². The van der Waals surface area contributed by atoms with Gasteiger partial charge in [-0.3, -0.25) is 4.79 Å². The van der Waals surface area contributed by atoms with Crippen LogP contribution in [0.1, 0.15) is 49.3 Å². The molecule has 3 aromatic carbocycles. The molecule has 1 aromatic heterocycles. The molecule has 7 nitrogen and oxygen atoms in total. The first-order chi connectivity index (χ1) is 18.2. The van der Waals surface area contributed by atoms with Crippen LogP contribution in [0.15, 0.2) is 72.8 Å². The smallest absolute Gasteiger partial charge is 0.228 e. The Balaban J connectivity index is 1.56. The van der Waals surface area contributed by atoms with E-state index in [-0.39, 0.29) is 11.8 Å². The highest BCUT2D eigenvalue weighted by Crippen LogP contribution is 2.43. The molecule has 37 heavy (non-hydrogen) atoms. The molecule has 1 atom stereocenters. The summed E-state index contributed by atoms with van der Waals surface area (Å²) >= 11 is 0. The third-order valence-corrected chi connectivity index (χ3v) is 6.70. The van der Waals surface area contributed by atoms with Gasteiger partial charge in [0.25, 0.3) is 0 Å². The number of amides is 1. The van der Waals surface area contributed by atoms with E-state index in [0.717, 1.165) is 52.8 Å². The van der Waals surface area contributed by atoms with Gasteiger partial charge in [0.05, 0.1) is 12.1 Å². The molecule has 0 radical (unpaired) electrons. The number of anilines is 1. The molecule has 0 saturated heterocycles. The van der Waals surface area contributed by atoms with Crippen molar-refractivity contribution in [3.8, 4) is 28.3 Å². The van der Waals surface area contributed by atoms with Crippen molar-refractivity contribution in [1.29, 1.82) is 0 Å². The van der Waals surface area contributed by atoms with Gasteiger partial charge in [0.2, 0.25) is 11.7 Å². The number of tetrazole rings is 1. The average Bonchev–Trinajstić information content (AvgIpc) is 3.38. The normalized spacial score (nSPS) is 14.5. The van der Waals surface area contributed by atoms with E-state index >= 15 is 0 Å². The molecule has 1 amide bonds. The molecule has 0 bridgehead atoms. The van der Waals surface area contributed by atoms with Crippen molar-refractivity contribution in [3.63, 3.8) is 0 Å². The summed E-state index contributed by atoms with van der Waals surface area (Å²) in [5, 5.41) is 17.8. The number of aromatic nitrogens is 4. The molecular weight excluding hydrogens is 462 g/mol. The van der Waals surface area contributed by atoms with Gasteiger partial charge < -0.3 is 10.1 Å². The van der Waals surface area contributed by atoms with Crippen LogP contribution in [0.3, 0.4) is 0 Å². The van der Waals surface area contributed by atoms with Crippen LogP contribution in [0.25, 0.3) is 22.5 Å². The summed E-state index contributed by atoms with van der Waals surface area (Å²) < 4.78 is 6.19. The number of fused-ring (bicyclic) bond motifs is 1. The van der Waals surface area contributed by atoms with Crippen molar-refractivity contribution < 1.29 is 9.53 Å². The lowest BCUT2D eigenvalue weighted by Gasteiger charge is -2.21. The van der Waals surface area contributed by atoms with E-state index in [0.29, 0.717) is 24.5 Å². The molecule has 1 aliphatic heterocycles. The van der Waals surface area contributed by atoms with Crippen molar-refractivity contribution >= 4 is 11.6 Å². The Labute approximate surface area is 217 Å². The third-order valence-electron chi connectivity index (χ3n) is 6.70. The lowest BCUT2D eigenvalue weighted by atomic mass is 9.89. The fraction of sp³-hybridized carbons (Fsp3) is 0.267. The number of carbonyl (C=O) groups excluding carboxylic acids is 1. The van der Waals surface area contributed by atoms with Crippen molar-refractivity contribution in [2.75, 3.05) is 11.9 Å². The first kappa shape index (κ1) is 24.4. The SMILES string of the molecule is CCCC1C=CCOc2c(NC(=O)Cc3ccc(CC)cc3)cc(-c3ccccc3-c3nn[nH]n3)cc21. The van der Waals surface area contributed by atoms with Crippen LogP contribution in [-0.4, -0.2) is 33.1 Å². The minimum Gasteiger partial charge on any atom is -0.487 e. The summed E-state index contributed by atoms with van der Waals surface area (Å²) in [5.74, 6) is 1.37. The quantitative estimate of drug-likeness (QED) is 0.289. The fourth-order valence-corrected chi connectivity index (χ4v) is 4.83. The first-order valence-electron chi connectivity index (χ1n) is 12.8. The Hall–Kier alpha value is -4.26. The van der Waals surface area contributed by atoms with Gasteiger partial charge in [0, 0.05) is 17.0 Å². The summed E-state index contributed by atoms with van der Waals surface area (Å²) in [5.41, 5.74) is 6.76. The van der Waals surface area contributed by atoms with Gasteiger partial charge in [0.1, 0.15) is 12.4 Å². The van der Waals surface area contributed by atoms with E-state index in [2.05, 4.69) is 70.1 Å². The predicted molar refractivity (Wildman–Crippen MR) is 145 cm³/mol. The van der Waals surface area contributed by atoms with Crippen LogP contribution in [0.4, 0.5) is 5.69 Å². The first-order valence-corrected chi connectivity index (χ1v) is 12.8. The maximum Gasteiger partial charge on any atom is 0.228 e. The number of nitrogens with zero attached hydrogens (tertiary/aromatic N) is 3. The fourth-order valence-electron chi connectivity index (χ4n) is 4.83. The number of rotatable bonds is 8. The second-order valence-corrected chi connectivity index (χ2v) is 9.25. The molecule has 1 unspecified atom stereocenters. The van der Waals surface area contributed by atoms with Gasteiger partial charge in [-0.05, 0) is 52.4 Å². The average molecular weight is 494 g/mol. The molecule has 0 fully saturated rings. The minimum absolute atomic E-state index is 0.0806. The van der Waals surface area contributed by atoms with Crippen LogP contribution in [0, 0.1) is 0 Å². The van der Waals surface area contributed by atoms with Crippen molar-refractivity contribution in [1.82, 2.24) is 20.6 Å². The number of allylic oxidation sites excluding steroid dienone is 1. The number of hydrogen-bond donors (Lipinski definition) is 2. The summed E-state index contributed by atoms with van der Waals surface area (Å²) in [6, 6.07) is 20.3. The predicted octanol–water partition coefficient (Wildman–Crippen LogP) is 6.11. The van der Waals surface area contributed by atoms with Crippen LogP contribution in [-0.2, 0) is 17.6 Å². The zero-order valence-corrected chi connectivity index (χ0v) is 21.2. The zero-order chi connectivity index (χ0) is 25.6. The topological polar surface area (TPSA) is 92.8 Å². The number of aryl methyl sites for hydroxylation is 1. The van der Waals surface area contributed by atoms with E-state index in [1.807, 2.05) is 42.5 Å². The summed E-state index contributed by atoms with van der Waals surface area (Å²) in [4.78, 5) is 13.2. The molecule has 2 heterocycles. The number of carbonyl (C=O) groups is 1. The van der Waals surface area contributed by atoms with E-state index in [1.165, 1.54) is 5.56 Å². The van der Waals surface area contributed by atoms with Gasteiger partial charge in [0.15, 0.2) is 0 Å². The molecule has 2 N–H and O–H groups in total. The number of aromatic amines is 1. The van der Waals surface area contributed by atoms with Gasteiger partial charge >= 0.3 is 0 Å². The van der Waals surface area contributed by atoms with E-state index in [1.54, 1.807) is 0 Å². The lowest BCUT2D eigenvalue weighted by molar-refractivity contribution is -0.115. The van der Waals surface area contributed by atoms with Gasteiger partial charge in [-0.2, -0.15) is 5.21 Å². The second kappa shape index (κ2) is 11.2. The Morgan fingerprint density at radius 1 is 1.05 bits per heavy atom. The summed E-state index contributed by atoms with van der Waals surface area (Å²) in [7, 11) is 0. The minimum atomic E-state index is -0.0806. The van der Waals surface area contributed by atoms with Crippen molar-refractivity contribution in [2.24, 2.45) is 0 Å². The lowest BCUT2D eigenvalue weighted by Crippen LogP contribution is -2.16. The standard InChI is InChI=1S/C30H31N5O2/c1-3-8-22-9-7-16-37-29-26(22)18-23(24-10-5-6-11-25(24)30-32-34-35-33-30)19-27(29)31-28(36)17-21-14-12-20(4-2)13-15-21/h5-7,9-15,18-19,22H,3-4,8,16-17H2,1-2H3,(H,31,36)(H,32,33,34,35). The molecule has 7 heteroatoms. The molecule has 0 aliphatic carbocycles. The van der Waals surface area contributed by atoms with Crippen LogP contribution in [0.5, 0.6) is 5.75 Å². The molecular formula is C30H31N5O2. The Morgan fingerprint density at radius 3 is 2.57 bits per heavy atom. The van der Waals surface area contributed by atoms with Crippen LogP contribution < -0.4 is 10.1 Å². The van der Waals surface area contributed by atoms with Crippen LogP contribution >= 0.6 is 0 Å². The summed E-state index contributed by atoms with van der Waals surface area (Å²) in [6.45, 7) is 4.77. The maximum absolute atomic E-state index is 13.2. The Bertz CT molecular complexity index is 1390. The Morgan fingerprint density at radius 2 is 1.84 bits per heavy atom. The van der Waals surface area contributed by atoms with Crippen LogP contribution in [0.2, 0.25) is 0 Å². The van der Waals surface area contributed by atoms with E-state index < -0.39 is 0 Å². The highest BCUT2D eigenvalue weighted by Gasteiger charge is 2.23. The second-order valence-electron chi connectivity index (χ2n) is 9.25. The highest BCUT2D eigenvalue weighted by atomic mass is 16.5. The summed E-state index contributed by atoms with van der Waals surface area (Å²) in [6.07, 6.45) is 7.56. The number of H-pyrrole nitrogens is 1. The largest absolute Gasteiger partial charge is 0.487 e. The van der Waals surface area contributed by atoms with E-state index in [9.17, 15) is 4.79 Å². The number of ether oxygens (including phenoxy) is 1. The van der Waals surface area contributed by atoms with E-state index in [4.69, 9.17) is 4.74 Å². The molecule has 188 valence electrons. The number of hydrogen-bond acceptors (Lipinski definition) is 5. The van der Waals surface area contributed by atoms with Gasteiger partial charge in [-0.1, -0.05) is 81.0 Å². The molecule has 0 saturated carbocycles. The molecule has 5 rings (SSSR count). The maximum atomic E-state index is 13.2. The number of benzene rings is 3. The molecule has 1 aliphatic rings. The van der Waals surface area contributed by atoms with Crippen molar-refractivity contribution in [2.45, 2.75) is 45.4 Å². The number of nitrogens with one attached hydrogen (secondary N) is 2. The monoisotopic (exact) mass is 493 g/mol. The Kier molecular flexibility index (Phi) is 7.40. The van der Waals surface area contributed by atoms with Crippen molar-refractivity contribution in [3.05, 3.63) is 89.5 Å². The molecule has 0 spiro atoms. The molecule has 4 aromatic rings. The third kappa shape index (κ3) is 5.45. The van der Waals surface area contributed by atoms with Gasteiger partial charge in [-0.15, -0.1) is 10.2 Å². The highest BCUT2D eigenvalue weighted by molar-refractivity contribution is 5.96. The zero-order valence-electron chi connectivity index (χ0n) is 21.2.